The third-order valence-electron chi connectivity index (χ3n) is 2.65. The van der Waals surface area contributed by atoms with Crippen LogP contribution in [0.3, 0.4) is 0 Å². The van der Waals surface area contributed by atoms with Crippen molar-refractivity contribution in [1.29, 1.82) is 5.26 Å². The number of nitrogens with zero attached hydrogens (tertiary/aromatic N) is 1. The summed E-state index contributed by atoms with van der Waals surface area (Å²) in [6.07, 6.45) is 0.132. The number of nitriles is 1. The zero-order valence-corrected chi connectivity index (χ0v) is 12.6. The number of anilines is 1. The zero-order valence-electron chi connectivity index (χ0n) is 11.8. The highest BCUT2D eigenvalue weighted by Gasteiger charge is 2.17. The van der Waals surface area contributed by atoms with Crippen LogP contribution in [0.25, 0.3) is 0 Å². The molecule has 0 aromatic heterocycles. The highest BCUT2D eigenvalue weighted by atomic mass is 32.2. The number of rotatable bonds is 7. The molecule has 8 heteroatoms. The summed E-state index contributed by atoms with van der Waals surface area (Å²) in [5.74, 6) is -0.476. The van der Waals surface area contributed by atoms with Gasteiger partial charge < -0.3 is 9.47 Å². The van der Waals surface area contributed by atoms with Crippen molar-refractivity contribution in [2.75, 3.05) is 24.7 Å². The summed E-state index contributed by atoms with van der Waals surface area (Å²) in [7, 11) is -1.07. The van der Waals surface area contributed by atoms with Crippen molar-refractivity contribution in [2.24, 2.45) is 0 Å². The van der Waals surface area contributed by atoms with Gasteiger partial charge in [0.05, 0.1) is 25.5 Å². The van der Waals surface area contributed by atoms with Gasteiger partial charge in [-0.1, -0.05) is 6.07 Å². The lowest BCUT2D eigenvalue weighted by Gasteiger charge is -2.12. The van der Waals surface area contributed by atoms with Gasteiger partial charge in [-0.05, 0) is 18.6 Å². The molecule has 0 bridgehead atoms. The van der Waals surface area contributed by atoms with Crippen LogP contribution in [-0.2, 0) is 19.6 Å². The maximum atomic E-state index is 12.0. The second-order valence-electron chi connectivity index (χ2n) is 4.10. The maximum absolute atomic E-state index is 12.0. The van der Waals surface area contributed by atoms with Gasteiger partial charge in [0, 0.05) is 6.42 Å². The van der Waals surface area contributed by atoms with E-state index in [1.54, 1.807) is 12.1 Å². The predicted molar refractivity (Wildman–Crippen MR) is 76.4 cm³/mol. The number of hydrogen-bond acceptors (Lipinski definition) is 6. The molecule has 1 rings (SSSR count). The molecule has 0 atom stereocenters. The zero-order chi connectivity index (χ0) is 15.9. The summed E-state index contributed by atoms with van der Waals surface area (Å²) >= 11 is 0. The van der Waals surface area contributed by atoms with Crippen LogP contribution in [-0.4, -0.2) is 34.4 Å². The van der Waals surface area contributed by atoms with E-state index in [4.69, 9.17) is 10.00 Å². The molecule has 0 unspecified atom stereocenters. The van der Waals surface area contributed by atoms with E-state index >= 15 is 0 Å². The van der Waals surface area contributed by atoms with E-state index < -0.39 is 16.0 Å². The van der Waals surface area contributed by atoms with Crippen LogP contribution in [0.15, 0.2) is 18.2 Å². The molecule has 0 saturated heterocycles. The topological polar surface area (TPSA) is 105 Å². The lowest BCUT2D eigenvalue weighted by molar-refractivity contribution is -0.140. The Balaban J connectivity index is 2.85. The Morgan fingerprint density at radius 3 is 2.67 bits per heavy atom. The molecule has 7 nitrogen and oxygen atoms in total. The van der Waals surface area contributed by atoms with E-state index in [1.165, 1.54) is 20.3 Å². The smallest absolute Gasteiger partial charge is 0.305 e. The molecule has 0 aliphatic rings. The van der Waals surface area contributed by atoms with Crippen LogP contribution in [0.1, 0.15) is 18.4 Å². The summed E-state index contributed by atoms with van der Waals surface area (Å²) < 4.78 is 35.8. The number of ether oxygens (including phenoxy) is 2. The predicted octanol–water partition coefficient (Wildman–Crippen LogP) is 1.26. The Kier molecular flexibility index (Phi) is 5.99. The van der Waals surface area contributed by atoms with Gasteiger partial charge in [0.25, 0.3) is 0 Å². The van der Waals surface area contributed by atoms with Crippen molar-refractivity contribution >= 4 is 21.7 Å². The lowest BCUT2D eigenvalue weighted by atomic mass is 10.2. The largest absolute Gasteiger partial charge is 0.495 e. The standard InChI is InChI=1S/C13H16N2O5S/c1-19-11-6-3-5-10(9-14)13(11)15-21(17,18)8-4-7-12(16)20-2/h3,5-6,15H,4,7-8H2,1-2H3. The van der Waals surface area contributed by atoms with Crippen molar-refractivity contribution in [3.05, 3.63) is 23.8 Å². The Morgan fingerprint density at radius 2 is 2.10 bits per heavy atom. The first kappa shape index (κ1) is 16.8. The Bertz CT molecular complexity index is 649. The van der Waals surface area contributed by atoms with E-state index in [0.29, 0.717) is 0 Å². The van der Waals surface area contributed by atoms with E-state index in [-0.39, 0.29) is 35.6 Å². The Labute approximate surface area is 123 Å². The molecule has 0 amide bonds. The van der Waals surface area contributed by atoms with Crippen LogP contribution in [0.4, 0.5) is 5.69 Å². The second kappa shape index (κ2) is 7.50. The van der Waals surface area contributed by atoms with E-state index in [1.807, 2.05) is 6.07 Å². The van der Waals surface area contributed by atoms with Gasteiger partial charge in [-0.15, -0.1) is 0 Å². The minimum atomic E-state index is -3.69. The van der Waals surface area contributed by atoms with Gasteiger partial charge in [-0.2, -0.15) is 5.26 Å². The number of carbonyl (C=O) groups excluding carboxylic acids is 1. The number of sulfonamides is 1. The highest BCUT2D eigenvalue weighted by Crippen LogP contribution is 2.28. The summed E-state index contributed by atoms with van der Waals surface area (Å²) in [5.41, 5.74) is 0.256. The van der Waals surface area contributed by atoms with Crippen LogP contribution in [0.2, 0.25) is 0 Å². The average molecular weight is 312 g/mol. The molecule has 1 aromatic rings. The number of methoxy groups -OCH3 is 2. The fourth-order valence-corrected chi connectivity index (χ4v) is 2.76. The summed E-state index contributed by atoms with van der Waals surface area (Å²) in [5, 5.41) is 9.01. The minimum Gasteiger partial charge on any atom is -0.495 e. The molecule has 0 spiro atoms. The summed E-state index contributed by atoms with van der Waals surface area (Å²) in [6, 6.07) is 6.51. The summed E-state index contributed by atoms with van der Waals surface area (Å²) in [4.78, 5) is 11.0. The van der Waals surface area contributed by atoms with Crippen LogP contribution >= 0.6 is 0 Å². The van der Waals surface area contributed by atoms with Gasteiger partial charge in [0.1, 0.15) is 17.5 Å². The highest BCUT2D eigenvalue weighted by molar-refractivity contribution is 7.92. The van der Waals surface area contributed by atoms with Crippen molar-refractivity contribution in [3.63, 3.8) is 0 Å². The van der Waals surface area contributed by atoms with Crippen molar-refractivity contribution < 1.29 is 22.7 Å². The van der Waals surface area contributed by atoms with Crippen LogP contribution < -0.4 is 9.46 Å². The monoisotopic (exact) mass is 312 g/mol. The van der Waals surface area contributed by atoms with Crippen molar-refractivity contribution in [2.45, 2.75) is 12.8 Å². The summed E-state index contributed by atoms with van der Waals surface area (Å²) in [6.45, 7) is 0. The molecule has 0 fully saturated rings. The molecule has 0 aliphatic heterocycles. The number of benzene rings is 1. The molecule has 114 valence electrons. The molecular weight excluding hydrogens is 296 g/mol. The minimum absolute atomic E-state index is 0.00837. The van der Waals surface area contributed by atoms with Gasteiger partial charge in [-0.3, -0.25) is 9.52 Å². The first-order valence-corrected chi connectivity index (χ1v) is 7.73. The third kappa shape index (κ3) is 4.96. The van der Waals surface area contributed by atoms with Gasteiger partial charge in [0.15, 0.2) is 0 Å². The fourth-order valence-electron chi connectivity index (χ4n) is 1.61. The Hall–Kier alpha value is -2.27. The molecule has 1 aromatic carbocycles. The molecule has 0 heterocycles. The number of para-hydroxylation sites is 1. The SMILES string of the molecule is COC(=O)CCCS(=O)(=O)Nc1c(C#N)cccc1OC. The number of nitrogens with one attached hydrogen (secondary N) is 1. The van der Waals surface area contributed by atoms with Gasteiger partial charge >= 0.3 is 5.97 Å². The third-order valence-corrected chi connectivity index (χ3v) is 3.99. The lowest BCUT2D eigenvalue weighted by Crippen LogP contribution is -2.19. The van der Waals surface area contributed by atoms with Crippen molar-refractivity contribution in [3.8, 4) is 11.8 Å². The van der Waals surface area contributed by atoms with Gasteiger partial charge in [0.2, 0.25) is 10.0 Å². The maximum Gasteiger partial charge on any atom is 0.305 e. The molecule has 0 saturated carbocycles. The quantitative estimate of drug-likeness (QED) is 0.760. The molecule has 21 heavy (non-hydrogen) atoms. The van der Waals surface area contributed by atoms with Gasteiger partial charge in [-0.25, -0.2) is 8.42 Å². The van der Waals surface area contributed by atoms with E-state index in [0.717, 1.165) is 0 Å². The number of esters is 1. The fraction of sp³-hybridized carbons (Fsp3) is 0.385. The number of carbonyl (C=O) groups is 1. The average Bonchev–Trinajstić information content (AvgIpc) is 2.46. The normalized spacial score (nSPS) is 10.5. The van der Waals surface area contributed by atoms with Crippen LogP contribution in [0, 0.1) is 11.3 Å². The second-order valence-corrected chi connectivity index (χ2v) is 5.94. The van der Waals surface area contributed by atoms with E-state index in [2.05, 4.69) is 9.46 Å². The van der Waals surface area contributed by atoms with Crippen molar-refractivity contribution in [1.82, 2.24) is 0 Å². The van der Waals surface area contributed by atoms with E-state index in [9.17, 15) is 13.2 Å². The Morgan fingerprint density at radius 1 is 1.38 bits per heavy atom. The molecule has 0 aliphatic carbocycles. The molecular formula is C13H16N2O5S. The molecule has 0 radical (unpaired) electrons. The first-order valence-electron chi connectivity index (χ1n) is 6.08. The number of hydrogen-bond donors (Lipinski definition) is 1. The van der Waals surface area contributed by atoms with Crippen LogP contribution in [0.5, 0.6) is 5.75 Å². The first-order chi connectivity index (χ1) is 9.93. The molecule has 1 N–H and O–H groups in total.